The summed E-state index contributed by atoms with van der Waals surface area (Å²) in [5.41, 5.74) is 5.95. The van der Waals surface area contributed by atoms with Gasteiger partial charge in [-0.3, -0.25) is 4.79 Å². The molecule has 0 unspecified atom stereocenters. The number of carbonyl (C=O) groups is 1. The number of nitrogens with one attached hydrogen (secondary N) is 1. The van der Waals surface area contributed by atoms with E-state index in [1.165, 1.54) is 5.57 Å². The minimum absolute atomic E-state index is 0.105. The third-order valence-corrected chi connectivity index (χ3v) is 5.60. The highest BCUT2D eigenvalue weighted by atomic mass is 35.5. The normalized spacial score (nSPS) is 11.4. The number of allylic oxidation sites excluding steroid dienone is 2. The number of aryl methyl sites for hydroxylation is 1. The topological polar surface area (TPSA) is 29.1 Å². The van der Waals surface area contributed by atoms with E-state index in [2.05, 4.69) is 18.3 Å². The Bertz CT molecular complexity index is 1040. The first-order valence-electron chi connectivity index (χ1n) is 9.58. The van der Waals surface area contributed by atoms with Crippen LogP contribution in [0.15, 0.2) is 72.8 Å². The average molecular weight is 424 g/mol. The number of para-hydroxylation sites is 1. The zero-order valence-corrected chi connectivity index (χ0v) is 18.0. The maximum atomic E-state index is 12.5. The second-order valence-electron chi connectivity index (χ2n) is 6.88. The molecular formula is C25H23Cl2NO. The van der Waals surface area contributed by atoms with Gasteiger partial charge >= 0.3 is 0 Å². The van der Waals surface area contributed by atoms with Crippen LogP contribution in [0.4, 0.5) is 5.69 Å². The highest BCUT2D eigenvalue weighted by molar-refractivity contribution is 6.42. The summed E-state index contributed by atoms with van der Waals surface area (Å²) in [4.78, 5) is 12.5. The number of carbonyl (C=O) groups excluding carboxylic acids is 1. The molecule has 0 aliphatic heterocycles. The number of hydrogen-bond acceptors (Lipinski definition) is 1. The molecule has 0 atom stereocenters. The van der Waals surface area contributed by atoms with Gasteiger partial charge in [-0.1, -0.05) is 72.6 Å². The van der Waals surface area contributed by atoms with Gasteiger partial charge in [0.1, 0.15) is 0 Å². The van der Waals surface area contributed by atoms with Crippen molar-refractivity contribution < 1.29 is 4.79 Å². The lowest BCUT2D eigenvalue weighted by Crippen LogP contribution is -2.12. The van der Waals surface area contributed by atoms with Crippen LogP contribution < -0.4 is 5.32 Å². The first-order chi connectivity index (χ1) is 14.0. The van der Waals surface area contributed by atoms with Gasteiger partial charge in [0.05, 0.1) is 10.0 Å². The Kier molecular flexibility index (Phi) is 7.13. The monoisotopic (exact) mass is 423 g/mol. The standard InChI is InChI=1S/C25H23Cl2NO/c1-3-19(21-14-15-22(26)23(27)16-21)11-8-18-9-12-20(13-10-18)25(29)28-24-7-5-4-6-17(24)2/h4-7,9-16H,3,8H2,1-2H3,(H,28,29)/b19-11-. The second-order valence-corrected chi connectivity index (χ2v) is 7.70. The smallest absolute Gasteiger partial charge is 0.255 e. The quantitative estimate of drug-likeness (QED) is 0.434. The van der Waals surface area contributed by atoms with E-state index in [4.69, 9.17) is 23.2 Å². The zero-order chi connectivity index (χ0) is 20.8. The lowest BCUT2D eigenvalue weighted by atomic mass is 10.00. The molecular weight excluding hydrogens is 401 g/mol. The van der Waals surface area contributed by atoms with Gasteiger partial charge in [0, 0.05) is 11.3 Å². The van der Waals surface area contributed by atoms with E-state index in [0.717, 1.165) is 35.2 Å². The predicted octanol–water partition coefficient (Wildman–Crippen LogP) is 7.59. The molecule has 29 heavy (non-hydrogen) atoms. The van der Waals surface area contributed by atoms with E-state index in [0.29, 0.717) is 15.6 Å². The maximum Gasteiger partial charge on any atom is 0.255 e. The van der Waals surface area contributed by atoms with E-state index < -0.39 is 0 Å². The van der Waals surface area contributed by atoms with Crippen molar-refractivity contribution in [2.75, 3.05) is 5.32 Å². The first-order valence-corrected chi connectivity index (χ1v) is 10.3. The highest BCUT2D eigenvalue weighted by Gasteiger charge is 2.08. The molecule has 0 aliphatic rings. The van der Waals surface area contributed by atoms with Gasteiger partial charge in [-0.25, -0.2) is 0 Å². The number of anilines is 1. The molecule has 0 aliphatic carbocycles. The molecule has 2 nitrogen and oxygen atoms in total. The summed E-state index contributed by atoms with van der Waals surface area (Å²) in [5.74, 6) is -0.105. The molecule has 0 fully saturated rings. The van der Waals surface area contributed by atoms with Crippen molar-refractivity contribution in [3.8, 4) is 0 Å². The molecule has 148 valence electrons. The minimum Gasteiger partial charge on any atom is -0.322 e. The average Bonchev–Trinajstić information content (AvgIpc) is 2.73. The summed E-state index contributed by atoms with van der Waals surface area (Å²) in [5, 5.41) is 4.09. The fraction of sp³-hybridized carbons (Fsp3) is 0.160. The fourth-order valence-electron chi connectivity index (χ4n) is 3.10. The zero-order valence-electron chi connectivity index (χ0n) is 16.5. The molecule has 3 aromatic rings. The van der Waals surface area contributed by atoms with Crippen molar-refractivity contribution in [1.82, 2.24) is 0 Å². The molecule has 1 amide bonds. The van der Waals surface area contributed by atoms with Crippen LogP contribution in [0.3, 0.4) is 0 Å². The van der Waals surface area contributed by atoms with Crippen LogP contribution in [0.1, 0.15) is 40.4 Å². The van der Waals surface area contributed by atoms with Crippen LogP contribution in [0.5, 0.6) is 0 Å². The Morgan fingerprint density at radius 2 is 1.62 bits per heavy atom. The van der Waals surface area contributed by atoms with Crippen LogP contribution in [0.2, 0.25) is 10.0 Å². The van der Waals surface area contributed by atoms with Gasteiger partial charge < -0.3 is 5.32 Å². The van der Waals surface area contributed by atoms with Crippen molar-refractivity contribution in [3.63, 3.8) is 0 Å². The molecule has 0 saturated carbocycles. The van der Waals surface area contributed by atoms with Crippen molar-refractivity contribution in [1.29, 1.82) is 0 Å². The van der Waals surface area contributed by atoms with Gasteiger partial charge in [0.15, 0.2) is 0 Å². The predicted molar refractivity (Wildman–Crippen MR) is 124 cm³/mol. The third-order valence-electron chi connectivity index (χ3n) is 4.86. The second kappa shape index (κ2) is 9.78. The number of hydrogen-bond donors (Lipinski definition) is 1. The molecule has 3 aromatic carbocycles. The SMILES string of the molecule is CC/C(=C/Cc1ccc(C(=O)Nc2ccccc2C)cc1)c1ccc(Cl)c(Cl)c1. The molecule has 3 rings (SSSR count). The minimum atomic E-state index is -0.105. The molecule has 0 radical (unpaired) electrons. The molecule has 0 heterocycles. The van der Waals surface area contributed by atoms with Crippen LogP contribution in [0.25, 0.3) is 5.57 Å². The van der Waals surface area contributed by atoms with Gasteiger partial charge in [0.25, 0.3) is 5.91 Å². The van der Waals surface area contributed by atoms with E-state index in [1.54, 1.807) is 0 Å². The van der Waals surface area contributed by atoms with E-state index in [-0.39, 0.29) is 5.91 Å². The Labute approximate surface area is 182 Å². The summed E-state index contributed by atoms with van der Waals surface area (Å²) in [6, 6.07) is 21.2. The molecule has 0 bridgehead atoms. The van der Waals surface area contributed by atoms with Crippen molar-refractivity contribution >= 4 is 40.4 Å². The number of rotatable bonds is 6. The summed E-state index contributed by atoms with van der Waals surface area (Å²) in [7, 11) is 0. The first kappa shape index (κ1) is 21.2. The fourth-order valence-corrected chi connectivity index (χ4v) is 3.40. The highest BCUT2D eigenvalue weighted by Crippen LogP contribution is 2.28. The lowest BCUT2D eigenvalue weighted by Gasteiger charge is -2.09. The van der Waals surface area contributed by atoms with Crippen molar-refractivity contribution in [2.45, 2.75) is 26.7 Å². The van der Waals surface area contributed by atoms with Gasteiger partial charge in [-0.15, -0.1) is 0 Å². The summed E-state index contributed by atoms with van der Waals surface area (Å²) in [6.07, 6.45) is 3.87. The van der Waals surface area contributed by atoms with E-state index >= 15 is 0 Å². The molecule has 4 heteroatoms. The van der Waals surface area contributed by atoms with Crippen LogP contribution in [-0.4, -0.2) is 5.91 Å². The molecule has 0 aromatic heterocycles. The van der Waals surface area contributed by atoms with Gasteiger partial charge in [-0.05, 0) is 72.4 Å². The van der Waals surface area contributed by atoms with Crippen LogP contribution in [-0.2, 0) is 6.42 Å². The lowest BCUT2D eigenvalue weighted by molar-refractivity contribution is 0.102. The Hall–Kier alpha value is -2.55. The Morgan fingerprint density at radius 1 is 0.931 bits per heavy atom. The van der Waals surface area contributed by atoms with Crippen molar-refractivity contribution in [3.05, 3.63) is 105 Å². The molecule has 1 N–H and O–H groups in total. The third kappa shape index (κ3) is 5.50. The van der Waals surface area contributed by atoms with Gasteiger partial charge in [0.2, 0.25) is 0 Å². The van der Waals surface area contributed by atoms with Crippen molar-refractivity contribution in [2.24, 2.45) is 0 Å². The van der Waals surface area contributed by atoms with E-state index in [9.17, 15) is 4.79 Å². The van der Waals surface area contributed by atoms with Gasteiger partial charge in [-0.2, -0.15) is 0 Å². The molecule has 0 spiro atoms. The Balaban J connectivity index is 1.69. The largest absolute Gasteiger partial charge is 0.322 e. The van der Waals surface area contributed by atoms with E-state index in [1.807, 2.05) is 73.7 Å². The maximum absolute atomic E-state index is 12.5. The summed E-state index contributed by atoms with van der Waals surface area (Å²) in [6.45, 7) is 4.09. The number of benzene rings is 3. The Morgan fingerprint density at radius 3 is 2.28 bits per heavy atom. The number of amides is 1. The summed E-state index contributed by atoms with van der Waals surface area (Å²) < 4.78 is 0. The van der Waals surface area contributed by atoms with Crippen LogP contribution >= 0.6 is 23.2 Å². The number of halogens is 2. The molecule has 0 saturated heterocycles. The van der Waals surface area contributed by atoms with Crippen LogP contribution in [0, 0.1) is 6.92 Å². The summed E-state index contributed by atoms with van der Waals surface area (Å²) >= 11 is 12.2.